The van der Waals surface area contributed by atoms with Crippen molar-refractivity contribution in [2.24, 2.45) is 0 Å². The minimum atomic E-state index is -0.498. The van der Waals surface area contributed by atoms with Gasteiger partial charge in [-0.05, 0) is 64.8 Å². The second-order valence-electron chi connectivity index (χ2n) is 5.70. The molecule has 0 aromatic heterocycles. The molecule has 0 bridgehead atoms. The molecule has 0 atom stereocenters. The topological polar surface area (TPSA) is 96.5 Å². The maximum Gasteiger partial charge on any atom is 0.276 e. The lowest BCUT2D eigenvalue weighted by molar-refractivity contribution is -0.123. The van der Waals surface area contributed by atoms with Crippen LogP contribution >= 0.6 is 15.9 Å². The minimum Gasteiger partial charge on any atom is -0.483 e. The molecule has 0 aliphatic rings. The van der Waals surface area contributed by atoms with Gasteiger partial charge < -0.3 is 10.1 Å². The summed E-state index contributed by atoms with van der Waals surface area (Å²) in [5.41, 5.74) is 6.60. The van der Waals surface area contributed by atoms with E-state index >= 15 is 0 Å². The lowest BCUT2D eigenvalue weighted by Crippen LogP contribution is -2.43. The van der Waals surface area contributed by atoms with Crippen LogP contribution in [-0.4, -0.2) is 24.3 Å². The number of benzene rings is 2. The number of hydrogen-bond donors (Lipinski definition) is 3. The molecule has 3 N–H and O–H groups in total. The third-order valence-electron chi connectivity index (χ3n) is 3.51. The molecular weight excluding hydrogens is 414 g/mol. The molecule has 142 valence electrons. The molecule has 0 spiro atoms. The van der Waals surface area contributed by atoms with E-state index in [0.29, 0.717) is 23.4 Å². The van der Waals surface area contributed by atoms with Crippen LogP contribution in [0.5, 0.6) is 5.75 Å². The van der Waals surface area contributed by atoms with E-state index in [1.165, 1.54) is 0 Å². The minimum absolute atomic E-state index is 0.111. The fraction of sp³-hybridized carbons (Fsp3) is 0.211. The van der Waals surface area contributed by atoms with Crippen LogP contribution in [0.25, 0.3) is 0 Å². The van der Waals surface area contributed by atoms with Crippen LogP contribution in [-0.2, 0) is 9.59 Å². The summed E-state index contributed by atoms with van der Waals surface area (Å²) in [5.74, 6) is -0.553. The number of amides is 3. The van der Waals surface area contributed by atoms with E-state index in [4.69, 9.17) is 4.74 Å². The number of hydrazine groups is 1. The SMILES string of the molecule is CCC(=O)Nc1ccc(C(=O)NNC(=O)COc2ccc(C)cc2Br)cc1. The summed E-state index contributed by atoms with van der Waals surface area (Å²) in [5, 5.41) is 2.69. The van der Waals surface area contributed by atoms with Gasteiger partial charge in [0, 0.05) is 17.7 Å². The second kappa shape index (κ2) is 9.72. The fourth-order valence-electron chi connectivity index (χ4n) is 2.06. The van der Waals surface area contributed by atoms with Gasteiger partial charge in [-0.25, -0.2) is 0 Å². The Bertz CT molecular complexity index is 837. The monoisotopic (exact) mass is 433 g/mol. The number of aryl methyl sites for hydroxylation is 1. The van der Waals surface area contributed by atoms with Gasteiger partial charge >= 0.3 is 0 Å². The Labute approximate surface area is 165 Å². The molecule has 3 amide bonds. The van der Waals surface area contributed by atoms with E-state index in [9.17, 15) is 14.4 Å². The number of hydrogen-bond acceptors (Lipinski definition) is 4. The molecule has 0 fully saturated rings. The van der Waals surface area contributed by atoms with Gasteiger partial charge in [-0.15, -0.1) is 0 Å². The smallest absolute Gasteiger partial charge is 0.276 e. The van der Waals surface area contributed by atoms with Crippen LogP contribution in [0.1, 0.15) is 29.3 Å². The van der Waals surface area contributed by atoms with Crippen LogP contribution in [0.3, 0.4) is 0 Å². The molecule has 0 aliphatic carbocycles. The summed E-state index contributed by atoms with van der Waals surface area (Å²) in [7, 11) is 0. The van der Waals surface area contributed by atoms with Crippen molar-refractivity contribution in [3.8, 4) is 5.75 Å². The van der Waals surface area contributed by atoms with Crippen LogP contribution < -0.4 is 20.9 Å². The Morgan fingerprint density at radius 2 is 1.70 bits per heavy atom. The number of carbonyl (C=O) groups excluding carboxylic acids is 3. The Morgan fingerprint density at radius 1 is 1.00 bits per heavy atom. The summed E-state index contributed by atoms with van der Waals surface area (Å²) < 4.78 is 6.15. The third-order valence-corrected chi connectivity index (χ3v) is 4.13. The maximum atomic E-state index is 12.0. The first-order valence-electron chi connectivity index (χ1n) is 8.27. The number of ether oxygens (including phenoxy) is 1. The van der Waals surface area contributed by atoms with E-state index in [2.05, 4.69) is 32.1 Å². The molecule has 0 saturated heterocycles. The predicted molar refractivity (Wildman–Crippen MR) is 105 cm³/mol. The molecule has 7 nitrogen and oxygen atoms in total. The van der Waals surface area contributed by atoms with Crippen molar-refractivity contribution in [2.45, 2.75) is 20.3 Å². The van der Waals surface area contributed by atoms with E-state index in [1.54, 1.807) is 37.3 Å². The molecule has 8 heteroatoms. The first-order chi connectivity index (χ1) is 12.9. The normalized spacial score (nSPS) is 10.0. The summed E-state index contributed by atoms with van der Waals surface area (Å²) in [6.45, 7) is 3.45. The Balaban J connectivity index is 1.80. The molecular formula is C19H20BrN3O4. The number of rotatable bonds is 6. The lowest BCUT2D eigenvalue weighted by atomic mass is 10.2. The zero-order valence-electron chi connectivity index (χ0n) is 15.0. The van der Waals surface area contributed by atoms with E-state index < -0.39 is 11.8 Å². The zero-order valence-corrected chi connectivity index (χ0v) is 16.6. The first kappa shape index (κ1) is 20.4. The van der Waals surface area contributed by atoms with Crippen LogP contribution in [0, 0.1) is 6.92 Å². The molecule has 0 aliphatic heterocycles. The molecule has 0 unspecified atom stereocenters. The van der Waals surface area contributed by atoms with E-state index in [1.807, 2.05) is 19.1 Å². The van der Waals surface area contributed by atoms with Gasteiger partial charge in [-0.2, -0.15) is 0 Å². The highest BCUT2D eigenvalue weighted by Gasteiger charge is 2.09. The summed E-state index contributed by atoms with van der Waals surface area (Å²) in [4.78, 5) is 35.2. The maximum absolute atomic E-state index is 12.0. The predicted octanol–water partition coefficient (Wildman–Crippen LogP) is 2.95. The third kappa shape index (κ3) is 6.41. The van der Waals surface area contributed by atoms with Crippen molar-refractivity contribution < 1.29 is 19.1 Å². The molecule has 2 aromatic rings. The van der Waals surface area contributed by atoms with Crippen molar-refractivity contribution >= 4 is 39.3 Å². The average molecular weight is 434 g/mol. The Morgan fingerprint density at radius 3 is 2.33 bits per heavy atom. The van der Waals surface area contributed by atoms with Gasteiger partial charge in [0.15, 0.2) is 6.61 Å². The summed E-state index contributed by atoms with van der Waals surface area (Å²) in [6, 6.07) is 11.8. The second-order valence-corrected chi connectivity index (χ2v) is 6.56. The highest BCUT2D eigenvalue weighted by molar-refractivity contribution is 9.10. The van der Waals surface area contributed by atoms with Crippen molar-refractivity contribution in [3.05, 3.63) is 58.1 Å². The molecule has 0 radical (unpaired) electrons. The van der Waals surface area contributed by atoms with Crippen LogP contribution in [0.2, 0.25) is 0 Å². The van der Waals surface area contributed by atoms with Gasteiger partial charge in [-0.1, -0.05) is 13.0 Å². The summed E-state index contributed by atoms with van der Waals surface area (Å²) >= 11 is 3.36. The van der Waals surface area contributed by atoms with E-state index in [0.717, 1.165) is 10.0 Å². The highest BCUT2D eigenvalue weighted by Crippen LogP contribution is 2.25. The molecule has 2 aromatic carbocycles. The Kier molecular flexibility index (Phi) is 7.36. The van der Waals surface area contributed by atoms with Crippen molar-refractivity contribution in [3.63, 3.8) is 0 Å². The quantitative estimate of drug-likeness (QED) is 0.610. The summed E-state index contributed by atoms with van der Waals surface area (Å²) in [6.07, 6.45) is 0.371. The Hall–Kier alpha value is -2.87. The van der Waals surface area contributed by atoms with Gasteiger partial charge in [0.05, 0.1) is 4.47 Å². The zero-order chi connectivity index (χ0) is 19.8. The van der Waals surface area contributed by atoms with E-state index in [-0.39, 0.29) is 12.5 Å². The largest absolute Gasteiger partial charge is 0.483 e. The van der Waals surface area contributed by atoms with Gasteiger partial charge in [-0.3, -0.25) is 25.2 Å². The van der Waals surface area contributed by atoms with Crippen molar-refractivity contribution in [1.29, 1.82) is 0 Å². The number of nitrogens with one attached hydrogen (secondary N) is 3. The molecule has 2 rings (SSSR count). The van der Waals surface area contributed by atoms with Gasteiger partial charge in [0.1, 0.15) is 5.75 Å². The first-order valence-corrected chi connectivity index (χ1v) is 9.06. The van der Waals surface area contributed by atoms with Crippen LogP contribution in [0.4, 0.5) is 5.69 Å². The molecule has 0 heterocycles. The van der Waals surface area contributed by atoms with Crippen molar-refractivity contribution in [2.75, 3.05) is 11.9 Å². The van der Waals surface area contributed by atoms with Gasteiger partial charge in [0.25, 0.3) is 11.8 Å². The molecule has 27 heavy (non-hydrogen) atoms. The fourth-order valence-corrected chi connectivity index (χ4v) is 2.66. The number of carbonyl (C=O) groups is 3. The highest BCUT2D eigenvalue weighted by atomic mass is 79.9. The van der Waals surface area contributed by atoms with Gasteiger partial charge in [0.2, 0.25) is 5.91 Å². The lowest BCUT2D eigenvalue weighted by Gasteiger charge is -2.10. The standard InChI is InChI=1S/C19H20BrN3O4/c1-3-17(24)21-14-7-5-13(6-8-14)19(26)23-22-18(25)11-27-16-9-4-12(2)10-15(16)20/h4-10H,3,11H2,1-2H3,(H,21,24)(H,22,25)(H,23,26). The average Bonchev–Trinajstić information content (AvgIpc) is 2.65. The number of anilines is 1. The van der Waals surface area contributed by atoms with Crippen molar-refractivity contribution in [1.82, 2.24) is 10.9 Å². The molecule has 0 saturated carbocycles. The van der Waals surface area contributed by atoms with Crippen LogP contribution in [0.15, 0.2) is 46.9 Å². The number of halogens is 1.